The van der Waals surface area contributed by atoms with Crippen molar-refractivity contribution in [3.05, 3.63) is 0 Å². The molecule has 0 radical (unpaired) electrons. The van der Waals surface area contributed by atoms with Gasteiger partial charge in [-0.25, -0.2) is 9.52 Å². The Morgan fingerprint density at radius 3 is 2.31 bits per heavy atom. The lowest BCUT2D eigenvalue weighted by Gasteiger charge is -2.18. The van der Waals surface area contributed by atoms with Crippen molar-refractivity contribution in [2.24, 2.45) is 0 Å². The fourth-order valence-electron chi connectivity index (χ4n) is 0.656. The van der Waals surface area contributed by atoms with Gasteiger partial charge in [-0.1, -0.05) is 0 Å². The van der Waals surface area contributed by atoms with Gasteiger partial charge in [0.2, 0.25) is 0 Å². The van der Waals surface area contributed by atoms with Crippen molar-refractivity contribution in [3.8, 4) is 0 Å². The number of nitrogens with one attached hydrogen (secondary N) is 2. The summed E-state index contributed by atoms with van der Waals surface area (Å²) in [5.74, 6) is 0. The highest BCUT2D eigenvalue weighted by molar-refractivity contribution is 7.88. The average molecular weight is 254 g/mol. The number of carbonyl (C=O) groups is 1. The Morgan fingerprint density at radius 2 is 1.94 bits per heavy atom. The first kappa shape index (κ1) is 15.1. The van der Waals surface area contributed by atoms with E-state index < -0.39 is 28.0 Å². The van der Waals surface area contributed by atoms with Crippen molar-refractivity contribution in [1.29, 1.82) is 0 Å². The van der Waals surface area contributed by atoms with Gasteiger partial charge in [0.05, 0.1) is 11.7 Å². The summed E-state index contributed by atoms with van der Waals surface area (Å²) in [6.07, 6.45) is -1.47. The van der Waals surface area contributed by atoms with Crippen LogP contribution in [0.4, 0.5) is 4.79 Å². The molecule has 0 fully saturated rings. The lowest BCUT2D eigenvalue weighted by Crippen LogP contribution is -2.46. The van der Waals surface area contributed by atoms with E-state index in [0.29, 0.717) is 0 Å². The third-order valence-corrected chi connectivity index (χ3v) is 2.22. The summed E-state index contributed by atoms with van der Waals surface area (Å²) >= 11 is 0. The summed E-state index contributed by atoms with van der Waals surface area (Å²) in [7, 11) is -3.99. The first-order chi connectivity index (χ1) is 7.02. The van der Waals surface area contributed by atoms with E-state index in [9.17, 15) is 18.3 Å². The van der Waals surface area contributed by atoms with Crippen LogP contribution in [-0.2, 0) is 14.9 Å². The molecule has 0 aromatic carbocycles. The van der Waals surface area contributed by atoms with Crippen LogP contribution in [0.25, 0.3) is 0 Å². The van der Waals surface area contributed by atoms with Crippen LogP contribution < -0.4 is 9.44 Å². The van der Waals surface area contributed by atoms with E-state index in [1.54, 1.807) is 18.6 Å². The van der Waals surface area contributed by atoms with E-state index >= 15 is 0 Å². The Kier molecular flexibility index (Phi) is 5.17. The second-order valence-corrected chi connectivity index (χ2v) is 5.69. The molecule has 0 atom stereocenters. The normalized spacial score (nSPS) is 12.6. The molecule has 0 unspecified atom stereocenters. The average Bonchev–Trinajstić information content (AvgIpc) is 1.96. The monoisotopic (exact) mass is 254 g/mol. The highest BCUT2D eigenvalue weighted by atomic mass is 32.2. The minimum atomic E-state index is -3.99. The van der Waals surface area contributed by atoms with Crippen molar-refractivity contribution in [2.45, 2.75) is 39.4 Å². The molecule has 0 aromatic rings. The van der Waals surface area contributed by atoms with E-state index in [1.165, 1.54) is 13.8 Å². The molecule has 0 aromatic heterocycles. The fraction of sp³-hybridized carbons (Fsp3) is 0.875. The van der Waals surface area contributed by atoms with E-state index in [2.05, 4.69) is 4.74 Å². The number of aliphatic hydroxyl groups is 1. The molecule has 0 heterocycles. The molecule has 0 rings (SSSR count). The zero-order valence-corrected chi connectivity index (χ0v) is 10.6. The smallest absolute Gasteiger partial charge is 0.422 e. The molecule has 0 spiro atoms. The first-order valence-corrected chi connectivity index (χ1v) is 6.20. The first-order valence-electron chi connectivity index (χ1n) is 4.72. The zero-order chi connectivity index (χ0) is 13.0. The molecule has 7 nitrogen and oxygen atoms in total. The Bertz CT molecular complexity index is 331. The van der Waals surface area contributed by atoms with Crippen LogP contribution in [0.5, 0.6) is 0 Å². The summed E-state index contributed by atoms with van der Waals surface area (Å²) < 4.78 is 30.7. The maximum absolute atomic E-state index is 11.2. The summed E-state index contributed by atoms with van der Waals surface area (Å²) in [5.41, 5.74) is -1.20. The van der Waals surface area contributed by atoms with E-state index in [4.69, 9.17) is 0 Å². The summed E-state index contributed by atoms with van der Waals surface area (Å²) in [4.78, 5) is 11.0. The van der Waals surface area contributed by atoms with Crippen LogP contribution in [0.15, 0.2) is 0 Å². The molecule has 16 heavy (non-hydrogen) atoms. The number of carbonyl (C=O) groups excluding carboxylic acids is 1. The van der Waals surface area contributed by atoms with Crippen molar-refractivity contribution < 1.29 is 23.1 Å². The topological polar surface area (TPSA) is 105 Å². The predicted molar refractivity (Wildman–Crippen MR) is 58.0 cm³/mol. The fourth-order valence-corrected chi connectivity index (χ4v) is 1.54. The zero-order valence-electron chi connectivity index (χ0n) is 9.77. The molecule has 0 saturated carbocycles. The van der Waals surface area contributed by atoms with Crippen molar-refractivity contribution >= 4 is 16.3 Å². The quantitative estimate of drug-likeness (QED) is 0.626. The lowest BCUT2D eigenvalue weighted by atomic mass is 10.1. The van der Waals surface area contributed by atoms with Crippen LogP contribution in [-0.4, -0.2) is 37.9 Å². The van der Waals surface area contributed by atoms with Gasteiger partial charge in [-0.3, -0.25) is 0 Å². The Balaban J connectivity index is 4.21. The molecule has 1 amide bonds. The van der Waals surface area contributed by atoms with Gasteiger partial charge in [-0.05, 0) is 27.7 Å². The maximum Gasteiger partial charge on any atom is 0.422 e. The Labute approximate surface area is 95.4 Å². The SMILES string of the molecule is CC(C)OC(=O)NS(=O)(=O)NCC(C)(C)O. The molecule has 0 aliphatic rings. The molecular formula is C8H18N2O5S. The number of amides is 1. The van der Waals surface area contributed by atoms with Crippen LogP contribution in [0.2, 0.25) is 0 Å². The largest absolute Gasteiger partial charge is 0.446 e. The standard InChI is InChI=1S/C8H18N2O5S/c1-6(2)15-7(11)10-16(13,14)9-5-8(3,4)12/h6,9,12H,5H2,1-4H3,(H,10,11). The summed E-state index contributed by atoms with van der Waals surface area (Å²) in [5, 5.41) is 9.29. The summed E-state index contributed by atoms with van der Waals surface area (Å²) in [6, 6.07) is 0. The molecule has 8 heteroatoms. The van der Waals surface area contributed by atoms with Crippen molar-refractivity contribution in [2.75, 3.05) is 6.54 Å². The summed E-state index contributed by atoms with van der Waals surface area (Å²) in [6.45, 7) is 5.84. The lowest BCUT2D eigenvalue weighted by molar-refractivity contribution is 0.0853. The molecule has 0 saturated heterocycles. The number of rotatable bonds is 5. The van der Waals surface area contributed by atoms with Gasteiger partial charge < -0.3 is 9.84 Å². The second kappa shape index (κ2) is 5.46. The molecule has 3 N–H and O–H groups in total. The van der Waals surface area contributed by atoms with Gasteiger partial charge in [0.15, 0.2) is 0 Å². The molecule has 0 aliphatic carbocycles. The highest BCUT2D eigenvalue weighted by Crippen LogP contribution is 1.98. The number of ether oxygens (including phenoxy) is 1. The molecule has 96 valence electrons. The van der Waals surface area contributed by atoms with Crippen LogP contribution >= 0.6 is 0 Å². The van der Waals surface area contributed by atoms with Gasteiger partial charge >= 0.3 is 16.3 Å². The van der Waals surface area contributed by atoms with Crippen LogP contribution in [0, 0.1) is 0 Å². The highest BCUT2D eigenvalue weighted by Gasteiger charge is 2.20. The van der Waals surface area contributed by atoms with E-state index in [1.807, 2.05) is 4.72 Å². The number of hydrogen-bond acceptors (Lipinski definition) is 5. The third-order valence-electron chi connectivity index (χ3n) is 1.26. The van der Waals surface area contributed by atoms with E-state index in [-0.39, 0.29) is 6.54 Å². The molecule has 0 aliphatic heterocycles. The van der Waals surface area contributed by atoms with Crippen molar-refractivity contribution in [3.63, 3.8) is 0 Å². The van der Waals surface area contributed by atoms with Crippen LogP contribution in [0.3, 0.4) is 0 Å². The van der Waals surface area contributed by atoms with Crippen molar-refractivity contribution in [1.82, 2.24) is 9.44 Å². The van der Waals surface area contributed by atoms with Gasteiger partial charge in [0.1, 0.15) is 0 Å². The van der Waals surface area contributed by atoms with Gasteiger partial charge in [-0.2, -0.15) is 13.1 Å². The second-order valence-electron chi connectivity index (χ2n) is 4.19. The van der Waals surface area contributed by atoms with Gasteiger partial charge in [-0.15, -0.1) is 0 Å². The van der Waals surface area contributed by atoms with Gasteiger partial charge in [0.25, 0.3) is 0 Å². The minimum Gasteiger partial charge on any atom is -0.446 e. The maximum atomic E-state index is 11.2. The minimum absolute atomic E-state index is 0.211. The van der Waals surface area contributed by atoms with E-state index in [0.717, 1.165) is 0 Å². The third kappa shape index (κ3) is 8.45. The van der Waals surface area contributed by atoms with Gasteiger partial charge in [0, 0.05) is 6.54 Å². The molecule has 0 bridgehead atoms. The number of hydrogen-bond donors (Lipinski definition) is 3. The molecular weight excluding hydrogens is 236 g/mol. The predicted octanol–water partition coefficient (Wildman–Crippen LogP) is -0.274. The Morgan fingerprint density at radius 1 is 1.44 bits per heavy atom. The Hall–Kier alpha value is -0.860. The van der Waals surface area contributed by atoms with Crippen LogP contribution in [0.1, 0.15) is 27.7 Å².